The molecule has 4 rings (SSSR count). The van der Waals surface area contributed by atoms with Gasteiger partial charge in [0.05, 0.1) is 12.0 Å². The molecule has 0 spiro atoms. The van der Waals surface area contributed by atoms with E-state index in [0.29, 0.717) is 22.2 Å². The lowest BCUT2D eigenvalue weighted by atomic mass is 10.1. The summed E-state index contributed by atoms with van der Waals surface area (Å²) in [5.74, 6) is 5.00. The predicted molar refractivity (Wildman–Crippen MR) is 104 cm³/mol. The molecule has 0 amide bonds. The molecule has 2 unspecified atom stereocenters. The zero-order chi connectivity index (χ0) is 22.3. The zero-order valence-electron chi connectivity index (χ0n) is 15.8. The highest BCUT2D eigenvalue weighted by molar-refractivity contribution is 7.46. The average Bonchev–Trinajstić information content (AvgIpc) is 3.25. The van der Waals surface area contributed by atoms with Crippen LogP contribution in [-0.2, 0) is 18.7 Å². The van der Waals surface area contributed by atoms with Crippen LogP contribution in [0, 0.1) is 5.82 Å². The van der Waals surface area contributed by atoms with Gasteiger partial charge in [-0.3, -0.25) is 9.36 Å². The second kappa shape index (κ2) is 8.22. The van der Waals surface area contributed by atoms with E-state index < -0.39 is 44.8 Å². The van der Waals surface area contributed by atoms with Crippen LogP contribution in [-0.4, -0.2) is 54.3 Å². The highest BCUT2D eigenvalue weighted by atomic mass is 31.2. The SMILES string of the molecule is NOC1C(O)[C@H](n2cc(-c3ccc(F)cc3)c3c(N)ncnc32)O[C@@H]1COP(=O)(O)O. The van der Waals surface area contributed by atoms with Gasteiger partial charge >= 0.3 is 7.82 Å². The molecule has 12 nitrogen and oxygen atoms in total. The molecule has 1 aromatic carbocycles. The molecule has 0 bridgehead atoms. The molecular weight excluding hydrogens is 436 g/mol. The van der Waals surface area contributed by atoms with E-state index in [9.17, 15) is 14.1 Å². The number of rotatable bonds is 6. The fourth-order valence-corrected chi connectivity index (χ4v) is 3.91. The van der Waals surface area contributed by atoms with E-state index in [1.54, 1.807) is 18.3 Å². The van der Waals surface area contributed by atoms with E-state index in [1.807, 2.05) is 0 Å². The Morgan fingerprint density at radius 1 is 1.26 bits per heavy atom. The molecule has 7 N–H and O–H groups in total. The first-order chi connectivity index (χ1) is 14.7. The summed E-state index contributed by atoms with van der Waals surface area (Å²) in [6, 6.07) is 5.67. The number of aromatic nitrogens is 3. The monoisotopic (exact) mass is 455 g/mol. The number of aliphatic hydroxyl groups excluding tert-OH is 1. The van der Waals surface area contributed by atoms with E-state index in [-0.39, 0.29) is 5.82 Å². The van der Waals surface area contributed by atoms with Crippen molar-refractivity contribution in [2.24, 2.45) is 5.90 Å². The van der Waals surface area contributed by atoms with Crippen LogP contribution in [0.5, 0.6) is 0 Å². The molecule has 1 aliphatic rings. The summed E-state index contributed by atoms with van der Waals surface area (Å²) >= 11 is 0. The minimum absolute atomic E-state index is 0.156. The van der Waals surface area contributed by atoms with Gasteiger partial charge in [0, 0.05) is 11.8 Å². The van der Waals surface area contributed by atoms with Crippen molar-refractivity contribution >= 4 is 24.7 Å². The molecule has 1 aliphatic heterocycles. The number of hydrogen-bond acceptors (Lipinski definition) is 9. The standard InChI is InChI=1S/C17H19FN5O7P/c18-9-3-1-8(2-4-9)10-5-23(16-12(10)15(19)21-7-22-16)17-13(24)14(30-20)11(29-17)6-28-31(25,26)27/h1-5,7,11,13-14,17,24H,6,20H2,(H2,19,21,22)(H2,25,26,27)/t11-,13?,14?,17-/m1/s1. The quantitative estimate of drug-likeness (QED) is 0.256. The third-order valence-electron chi connectivity index (χ3n) is 4.94. The number of nitrogen functional groups attached to an aromatic ring is 1. The topological polar surface area (TPSA) is 188 Å². The Morgan fingerprint density at radius 3 is 2.61 bits per heavy atom. The summed E-state index contributed by atoms with van der Waals surface area (Å²) in [5.41, 5.74) is 7.54. The summed E-state index contributed by atoms with van der Waals surface area (Å²) in [7, 11) is -4.78. The molecule has 3 heterocycles. The molecule has 2 aromatic heterocycles. The maximum Gasteiger partial charge on any atom is 0.469 e. The van der Waals surface area contributed by atoms with Crippen LogP contribution < -0.4 is 11.6 Å². The van der Waals surface area contributed by atoms with Gasteiger partial charge in [0.25, 0.3) is 0 Å². The van der Waals surface area contributed by atoms with Crippen LogP contribution in [0.4, 0.5) is 10.2 Å². The van der Waals surface area contributed by atoms with Crippen molar-refractivity contribution in [2.45, 2.75) is 24.5 Å². The average molecular weight is 455 g/mol. The van der Waals surface area contributed by atoms with Crippen molar-refractivity contribution in [3.63, 3.8) is 0 Å². The third-order valence-corrected chi connectivity index (χ3v) is 5.43. The Bertz CT molecular complexity index is 1140. The first kappa shape index (κ1) is 21.7. The van der Waals surface area contributed by atoms with Crippen LogP contribution in [0.2, 0.25) is 0 Å². The van der Waals surface area contributed by atoms with Gasteiger partial charge in [-0.2, -0.15) is 0 Å². The van der Waals surface area contributed by atoms with Gasteiger partial charge in [0.1, 0.15) is 41.9 Å². The molecule has 31 heavy (non-hydrogen) atoms. The number of phosphoric ester groups is 1. The van der Waals surface area contributed by atoms with Crippen molar-refractivity contribution in [3.05, 3.63) is 42.6 Å². The maximum atomic E-state index is 13.4. The Labute approximate surface area is 174 Å². The van der Waals surface area contributed by atoms with Crippen LogP contribution in [0.3, 0.4) is 0 Å². The summed E-state index contributed by atoms with van der Waals surface area (Å²) in [6.45, 7) is -0.582. The fourth-order valence-electron chi connectivity index (χ4n) is 3.57. The number of ether oxygens (including phenoxy) is 1. The van der Waals surface area contributed by atoms with Gasteiger partial charge in [-0.1, -0.05) is 12.1 Å². The Morgan fingerprint density at radius 2 is 1.97 bits per heavy atom. The van der Waals surface area contributed by atoms with Gasteiger partial charge in [-0.05, 0) is 17.7 Å². The number of fused-ring (bicyclic) bond motifs is 1. The number of benzene rings is 1. The largest absolute Gasteiger partial charge is 0.469 e. The van der Waals surface area contributed by atoms with Crippen molar-refractivity contribution in [1.29, 1.82) is 0 Å². The number of halogens is 1. The fraction of sp³-hybridized carbons (Fsp3) is 0.294. The lowest BCUT2D eigenvalue weighted by Crippen LogP contribution is -2.38. The smallest absolute Gasteiger partial charge is 0.385 e. The second-order valence-corrected chi connectivity index (χ2v) is 8.10. The normalized spacial score (nSPS) is 24.2. The summed E-state index contributed by atoms with van der Waals surface area (Å²) in [6.07, 6.45) is -1.87. The molecule has 0 saturated carbocycles. The van der Waals surface area contributed by atoms with Crippen molar-refractivity contribution in [1.82, 2.24) is 14.5 Å². The molecule has 4 atom stereocenters. The highest BCUT2D eigenvalue weighted by Crippen LogP contribution is 2.41. The number of anilines is 1. The predicted octanol–water partition coefficient (Wildman–Crippen LogP) is 0.446. The van der Waals surface area contributed by atoms with Crippen molar-refractivity contribution in [3.8, 4) is 11.1 Å². The van der Waals surface area contributed by atoms with Crippen molar-refractivity contribution < 1.29 is 37.9 Å². The van der Waals surface area contributed by atoms with Gasteiger partial charge in [-0.15, -0.1) is 0 Å². The minimum atomic E-state index is -4.78. The summed E-state index contributed by atoms with van der Waals surface area (Å²) in [5, 5.41) is 11.2. The molecule has 3 aromatic rings. The van der Waals surface area contributed by atoms with E-state index >= 15 is 0 Å². The Balaban J connectivity index is 1.76. The molecule has 14 heteroatoms. The van der Waals surface area contributed by atoms with Gasteiger partial charge in [0.2, 0.25) is 0 Å². The molecule has 166 valence electrons. The molecular formula is C17H19FN5O7P. The Kier molecular flexibility index (Phi) is 5.77. The first-order valence-electron chi connectivity index (χ1n) is 8.95. The van der Waals surface area contributed by atoms with E-state index in [4.69, 9.17) is 31.0 Å². The Hall–Kier alpha value is -2.48. The van der Waals surface area contributed by atoms with Gasteiger partial charge in [0.15, 0.2) is 6.23 Å². The van der Waals surface area contributed by atoms with Crippen LogP contribution in [0.15, 0.2) is 36.8 Å². The minimum Gasteiger partial charge on any atom is -0.385 e. The van der Waals surface area contributed by atoms with Crippen LogP contribution >= 0.6 is 7.82 Å². The third kappa shape index (κ3) is 4.18. The summed E-state index contributed by atoms with van der Waals surface area (Å²) < 4.78 is 36.1. The lowest BCUT2D eigenvalue weighted by molar-refractivity contribution is -0.0602. The van der Waals surface area contributed by atoms with E-state index in [1.165, 1.54) is 23.0 Å². The number of aliphatic hydroxyl groups is 1. The number of nitrogens with two attached hydrogens (primary N) is 2. The maximum absolute atomic E-state index is 13.4. The molecule has 0 radical (unpaired) electrons. The second-order valence-electron chi connectivity index (χ2n) is 6.86. The molecule has 1 saturated heterocycles. The first-order valence-corrected chi connectivity index (χ1v) is 10.5. The lowest BCUT2D eigenvalue weighted by Gasteiger charge is -2.18. The number of hydrogen-bond donors (Lipinski definition) is 5. The molecule has 1 fully saturated rings. The summed E-state index contributed by atoms with van der Waals surface area (Å²) in [4.78, 5) is 30.9. The highest BCUT2D eigenvalue weighted by Gasteiger charge is 2.47. The van der Waals surface area contributed by atoms with E-state index in [0.717, 1.165) is 0 Å². The van der Waals surface area contributed by atoms with Gasteiger partial charge < -0.3 is 29.9 Å². The van der Waals surface area contributed by atoms with Gasteiger partial charge in [-0.25, -0.2) is 24.8 Å². The van der Waals surface area contributed by atoms with Crippen LogP contribution in [0.25, 0.3) is 22.2 Å². The van der Waals surface area contributed by atoms with Crippen molar-refractivity contribution in [2.75, 3.05) is 12.3 Å². The zero-order valence-corrected chi connectivity index (χ0v) is 16.7. The van der Waals surface area contributed by atoms with Crippen LogP contribution in [0.1, 0.15) is 6.23 Å². The number of phosphoric acid groups is 1. The molecule has 0 aliphatic carbocycles. The number of nitrogens with zero attached hydrogens (tertiary/aromatic N) is 3. The van der Waals surface area contributed by atoms with E-state index in [2.05, 4.69) is 14.5 Å².